The van der Waals surface area contributed by atoms with E-state index in [-0.39, 0.29) is 0 Å². The first-order valence-corrected chi connectivity index (χ1v) is 8.15. The van der Waals surface area contributed by atoms with Crippen molar-refractivity contribution in [2.24, 2.45) is 0 Å². The summed E-state index contributed by atoms with van der Waals surface area (Å²) in [4.78, 5) is 19.2. The summed E-state index contributed by atoms with van der Waals surface area (Å²) in [5.41, 5.74) is 5.86. The lowest BCUT2D eigenvalue weighted by Crippen LogP contribution is -2.11. The highest BCUT2D eigenvalue weighted by Gasteiger charge is 2.14. The number of hydrogen-bond acceptors (Lipinski definition) is 7. The summed E-state index contributed by atoms with van der Waals surface area (Å²) >= 11 is 5.70. The lowest BCUT2D eigenvalue weighted by Gasteiger charge is -2.02. The van der Waals surface area contributed by atoms with E-state index in [0.717, 1.165) is 16.7 Å². The number of aromatic amines is 1. The fourth-order valence-corrected chi connectivity index (χ4v) is 3.07. The molecule has 7 nitrogen and oxygen atoms in total. The molecular weight excluding hydrogens is 346 g/mol. The monoisotopic (exact) mass is 361 g/mol. The van der Waals surface area contributed by atoms with Gasteiger partial charge in [0.2, 0.25) is 5.95 Å². The number of rotatable bonds is 1. The molecule has 3 aromatic rings. The molecule has 1 amide bonds. The third-order valence-corrected chi connectivity index (χ3v) is 4.25. The molecule has 0 saturated heterocycles. The highest BCUT2D eigenvalue weighted by Crippen LogP contribution is 2.37. The molecular formula is C15H15N5O2S2. The number of benzene rings is 2. The smallest absolute Gasteiger partial charge is 0.413 e. The largest absolute Gasteiger partial charge is 0.453 e. The molecule has 3 N–H and O–H groups in total. The minimum Gasteiger partial charge on any atom is -0.453 e. The van der Waals surface area contributed by atoms with Crippen LogP contribution in [0.2, 0.25) is 0 Å². The Balaban J connectivity index is 0.000000149. The maximum absolute atomic E-state index is 10.9. The number of ether oxygens (including phenoxy) is 1. The van der Waals surface area contributed by atoms with Gasteiger partial charge in [0.05, 0.1) is 28.7 Å². The van der Waals surface area contributed by atoms with Crippen molar-refractivity contribution in [1.29, 1.82) is 0 Å². The van der Waals surface area contributed by atoms with Crippen LogP contribution in [0.4, 0.5) is 16.4 Å². The minimum absolute atomic E-state index is 0.387. The normalized spacial score (nSPS) is 12.8. The second-order valence-electron chi connectivity index (χ2n) is 4.69. The molecule has 4 rings (SSSR count). The van der Waals surface area contributed by atoms with Crippen LogP contribution in [0.3, 0.4) is 0 Å². The topological polar surface area (TPSA) is 82.3 Å². The lowest BCUT2D eigenvalue weighted by molar-refractivity contribution is 0.186. The van der Waals surface area contributed by atoms with Gasteiger partial charge in [-0.2, -0.15) is 0 Å². The van der Waals surface area contributed by atoms with Gasteiger partial charge in [-0.05, 0) is 36.2 Å². The van der Waals surface area contributed by atoms with Crippen molar-refractivity contribution >= 4 is 53.5 Å². The van der Waals surface area contributed by atoms with E-state index in [4.69, 9.17) is 0 Å². The summed E-state index contributed by atoms with van der Waals surface area (Å²) < 4.78 is 6.13. The molecule has 0 spiro atoms. The molecule has 1 aliphatic rings. The maximum Gasteiger partial charge on any atom is 0.413 e. The standard InChI is InChI=1S/C9H9N3O2.C6H6N2S2/c1-14-9(13)12-8-10-6-4-2-3-5-7(6)11-8;9-8-7-5-3-1-2-4-6(5)10-8/h2-5H,1H3,(H2,10,11,12,13);1-4,7,9H. The average Bonchev–Trinajstić information content (AvgIpc) is 3.16. The summed E-state index contributed by atoms with van der Waals surface area (Å²) in [5, 5.41) is 2.45. The van der Waals surface area contributed by atoms with Crippen LogP contribution in [0, 0.1) is 0 Å². The van der Waals surface area contributed by atoms with Crippen molar-refractivity contribution in [3.8, 4) is 0 Å². The molecule has 0 bridgehead atoms. The van der Waals surface area contributed by atoms with Crippen LogP contribution in [0.15, 0.2) is 53.4 Å². The number of carbonyl (C=O) groups excluding carboxylic acids is 1. The SMILES string of the molecule is COC(=O)Nc1nc2ccccc2[nH]1.SN1Nc2ccccc2S1. The number of nitrogens with zero attached hydrogens (tertiary/aromatic N) is 2. The summed E-state index contributed by atoms with van der Waals surface area (Å²) in [6.45, 7) is 0. The Morgan fingerprint density at radius 1 is 1.25 bits per heavy atom. The molecule has 0 fully saturated rings. The molecule has 1 aromatic heterocycles. The summed E-state index contributed by atoms with van der Waals surface area (Å²) in [6.07, 6.45) is -0.538. The van der Waals surface area contributed by atoms with Crippen molar-refractivity contribution in [3.05, 3.63) is 48.5 Å². The molecule has 0 atom stereocenters. The molecule has 24 heavy (non-hydrogen) atoms. The Labute approximate surface area is 148 Å². The van der Waals surface area contributed by atoms with E-state index in [1.807, 2.05) is 42.5 Å². The van der Waals surface area contributed by atoms with Gasteiger partial charge in [0.15, 0.2) is 0 Å². The second-order valence-corrected chi connectivity index (χ2v) is 6.35. The van der Waals surface area contributed by atoms with Gasteiger partial charge in [0.25, 0.3) is 0 Å². The second kappa shape index (κ2) is 7.47. The fourth-order valence-electron chi connectivity index (χ4n) is 2.02. The van der Waals surface area contributed by atoms with E-state index in [0.29, 0.717) is 5.95 Å². The number of hydrogen-bond donors (Lipinski definition) is 4. The Morgan fingerprint density at radius 2 is 2.00 bits per heavy atom. The zero-order chi connectivity index (χ0) is 16.9. The van der Waals surface area contributed by atoms with Gasteiger partial charge in [-0.15, -0.1) is 3.82 Å². The predicted molar refractivity (Wildman–Crippen MR) is 98.9 cm³/mol. The highest BCUT2D eigenvalue weighted by atomic mass is 32.2. The number of imidazole rings is 1. The zero-order valence-electron chi connectivity index (χ0n) is 12.7. The van der Waals surface area contributed by atoms with Crippen LogP contribution >= 0.6 is 24.8 Å². The van der Waals surface area contributed by atoms with Gasteiger partial charge in [-0.25, -0.2) is 9.78 Å². The van der Waals surface area contributed by atoms with Gasteiger partial charge < -0.3 is 9.72 Å². The lowest BCUT2D eigenvalue weighted by atomic mass is 10.3. The number of fused-ring (bicyclic) bond motifs is 2. The van der Waals surface area contributed by atoms with Gasteiger partial charge in [0, 0.05) is 0 Å². The number of anilines is 2. The number of nitrogens with one attached hydrogen (secondary N) is 3. The summed E-state index contributed by atoms with van der Waals surface area (Å²) in [5.74, 6) is 0.387. The van der Waals surface area contributed by atoms with E-state index < -0.39 is 6.09 Å². The Bertz CT molecular complexity index is 797. The highest BCUT2D eigenvalue weighted by molar-refractivity contribution is 8.06. The van der Waals surface area contributed by atoms with Gasteiger partial charge >= 0.3 is 6.09 Å². The van der Waals surface area contributed by atoms with Crippen LogP contribution in [0.1, 0.15) is 0 Å². The van der Waals surface area contributed by atoms with Crippen molar-refractivity contribution in [2.45, 2.75) is 4.90 Å². The molecule has 2 aromatic carbocycles. The Morgan fingerprint density at radius 3 is 2.75 bits per heavy atom. The summed E-state index contributed by atoms with van der Waals surface area (Å²) in [7, 11) is 1.30. The van der Waals surface area contributed by atoms with E-state index in [9.17, 15) is 4.79 Å². The molecule has 0 saturated carbocycles. The molecule has 0 unspecified atom stereocenters. The predicted octanol–water partition coefficient (Wildman–Crippen LogP) is 3.92. The number of thiol groups is 1. The quantitative estimate of drug-likeness (QED) is 0.388. The van der Waals surface area contributed by atoms with Crippen LogP contribution in [0.25, 0.3) is 11.0 Å². The van der Waals surface area contributed by atoms with Crippen LogP contribution in [-0.2, 0) is 4.74 Å². The fraction of sp³-hybridized carbons (Fsp3) is 0.0667. The van der Waals surface area contributed by atoms with Crippen LogP contribution < -0.4 is 10.7 Å². The first-order valence-electron chi connectivity index (χ1n) is 6.98. The van der Waals surface area contributed by atoms with Crippen LogP contribution in [-0.4, -0.2) is 27.0 Å². The zero-order valence-corrected chi connectivity index (χ0v) is 14.4. The number of amides is 1. The van der Waals surface area contributed by atoms with Crippen molar-refractivity contribution < 1.29 is 9.53 Å². The third-order valence-electron chi connectivity index (χ3n) is 3.08. The van der Waals surface area contributed by atoms with Gasteiger partial charge in [0.1, 0.15) is 0 Å². The number of hydrazine groups is 1. The number of aromatic nitrogens is 2. The number of H-pyrrole nitrogens is 1. The number of para-hydroxylation sites is 3. The Hall–Kier alpha value is -2.36. The van der Waals surface area contributed by atoms with Gasteiger partial charge in [-0.3, -0.25) is 10.7 Å². The van der Waals surface area contributed by atoms with E-state index in [2.05, 4.69) is 44.3 Å². The first kappa shape index (κ1) is 16.5. The van der Waals surface area contributed by atoms with Gasteiger partial charge in [-0.1, -0.05) is 37.1 Å². The Kier molecular flexibility index (Phi) is 5.14. The number of carbonyl (C=O) groups is 1. The first-order chi connectivity index (χ1) is 11.7. The van der Waals surface area contributed by atoms with Crippen molar-refractivity contribution in [3.63, 3.8) is 0 Å². The van der Waals surface area contributed by atoms with Crippen molar-refractivity contribution in [2.75, 3.05) is 17.9 Å². The van der Waals surface area contributed by atoms with E-state index >= 15 is 0 Å². The molecule has 124 valence electrons. The van der Waals surface area contributed by atoms with E-state index in [1.165, 1.54) is 12.0 Å². The summed E-state index contributed by atoms with van der Waals surface area (Å²) in [6, 6.07) is 15.6. The van der Waals surface area contributed by atoms with Crippen LogP contribution in [0.5, 0.6) is 0 Å². The average molecular weight is 361 g/mol. The maximum atomic E-state index is 10.9. The molecule has 0 radical (unpaired) electrons. The number of methoxy groups -OCH3 is 1. The van der Waals surface area contributed by atoms with Crippen molar-refractivity contribution in [1.82, 2.24) is 13.8 Å². The third kappa shape index (κ3) is 3.94. The molecule has 9 heteroatoms. The molecule has 0 aliphatic carbocycles. The molecule has 2 heterocycles. The van der Waals surface area contributed by atoms with E-state index in [1.54, 1.807) is 15.8 Å². The molecule has 1 aliphatic heterocycles. The minimum atomic E-state index is -0.538.